The largest absolute Gasteiger partial charge is 0.493 e. The molecule has 7 nitrogen and oxygen atoms in total. The summed E-state index contributed by atoms with van der Waals surface area (Å²) < 4.78 is 26.9. The molecule has 0 aliphatic rings. The third-order valence-electron chi connectivity index (χ3n) is 3.93. The molecule has 0 fully saturated rings. The number of methoxy groups -OCH3 is 4. The highest BCUT2D eigenvalue weighted by molar-refractivity contribution is 5.80. The van der Waals surface area contributed by atoms with Crippen LogP contribution < -0.4 is 29.0 Å². The summed E-state index contributed by atoms with van der Waals surface area (Å²) in [6.45, 7) is 1.96. The Morgan fingerprint density at radius 2 is 1.44 bits per heavy atom. The average Bonchev–Trinajstić information content (AvgIpc) is 2.71. The van der Waals surface area contributed by atoms with Gasteiger partial charge in [-0.1, -0.05) is 12.1 Å². The molecule has 0 heterocycles. The molecule has 7 heteroatoms. The van der Waals surface area contributed by atoms with Crippen LogP contribution in [0.15, 0.2) is 36.4 Å². The number of amides is 1. The zero-order chi connectivity index (χ0) is 19.8. The lowest BCUT2D eigenvalue weighted by atomic mass is 10.1. The summed E-state index contributed by atoms with van der Waals surface area (Å²) in [5.41, 5.74) is 0.808. The van der Waals surface area contributed by atoms with Crippen LogP contribution in [0.2, 0.25) is 0 Å². The van der Waals surface area contributed by atoms with Crippen LogP contribution in [-0.2, 0) is 11.3 Å². The minimum Gasteiger partial charge on any atom is -0.493 e. The van der Waals surface area contributed by atoms with E-state index in [4.69, 9.17) is 23.7 Å². The zero-order valence-electron chi connectivity index (χ0n) is 16.2. The molecule has 1 N–H and O–H groups in total. The number of nitrogens with one attached hydrogen (secondary N) is 1. The average molecular weight is 375 g/mol. The second kappa shape index (κ2) is 9.56. The van der Waals surface area contributed by atoms with Crippen LogP contribution in [0.4, 0.5) is 0 Å². The molecule has 0 bridgehead atoms. The Morgan fingerprint density at radius 1 is 0.889 bits per heavy atom. The topological polar surface area (TPSA) is 75.3 Å². The highest BCUT2D eigenvalue weighted by atomic mass is 16.5. The zero-order valence-corrected chi connectivity index (χ0v) is 16.2. The molecule has 0 saturated carbocycles. The van der Waals surface area contributed by atoms with Crippen molar-refractivity contribution in [3.8, 4) is 28.7 Å². The van der Waals surface area contributed by atoms with Crippen molar-refractivity contribution in [2.75, 3.05) is 28.4 Å². The van der Waals surface area contributed by atoms with Crippen molar-refractivity contribution in [2.24, 2.45) is 0 Å². The Balaban J connectivity index is 2.04. The number of rotatable bonds is 9. The van der Waals surface area contributed by atoms with Crippen molar-refractivity contribution in [1.29, 1.82) is 0 Å². The number of carbonyl (C=O) groups is 1. The van der Waals surface area contributed by atoms with Crippen LogP contribution in [0.3, 0.4) is 0 Å². The molecule has 27 heavy (non-hydrogen) atoms. The normalized spacial score (nSPS) is 11.3. The molecule has 0 unspecified atom stereocenters. The fraction of sp³-hybridized carbons (Fsp3) is 0.350. The second-order valence-electron chi connectivity index (χ2n) is 5.66. The van der Waals surface area contributed by atoms with Crippen LogP contribution in [0, 0.1) is 0 Å². The van der Waals surface area contributed by atoms with Crippen molar-refractivity contribution < 1.29 is 28.5 Å². The first kappa shape index (κ1) is 20.2. The molecule has 2 rings (SSSR count). The first-order valence-electron chi connectivity index (χ1n) is 8.40. The van der Waals surface area contributed by atoms with Crippen molar-refractivity contribution >= 4 is 5.91 Å². The van der Waals surface area contributed by atoms with Gasteiger partial charge in [0.1, 0.15) is 0 Å². The van der Waals surface area contributed by atoms with Gasteiger partial charge in [-0.15, -0.1) is 0 Å². The van der Waals surface area contributed by atoms with Crippen LogP contribution in [0.5, 0.6) is 28.7 Å². The Kier molecular flexibility index (Phi) is 7.16. The van der Waals surface area contributed by atoms with E-state index in [1.807, 2.05) is 12.1 Å². The molecule has 0 spiro atoms. The van der Waals surface area contributed by atoms with Gasteiger partial charge in [-0.3, -0.25) is 4.79 Å². The van der Waals surface area contributed by atoms with Crippen LogP contribution in [0.1, 0.15) is 12.5 Å². The van der Waals surface area contributed by atoms with Crippen molar-refractivity contribution in [3.05, 3.63) is 42.0 Å². The predicted molar refractivity (Wildman–Crippen MR) is 101 cm³/mol. The molecule has 0 aromatic heterocycles. The smallest absolute Gasteiger partial charge is 0.261 e. The van der Waals surface area contributed by atoms with Crippen LogP contribution in [-0.4, -0.2) is 40.5 Å². The Hall–Kier alpha value is -3.09. The fourth-order valence-electron chi connectivity index (χ4n) is 2.53. The SMILES string of the molecule is COc1ccccc1O[C@H](C)C(=O)NCc1cc(OC)c(OC)c(OC)c1. The van der Waals surface area contributed by atoms with E-state index in [0.717, 1.165) is 5.56 Å². The Labute approximate surface area is 159 Å². The van der Waals surface area contributed by atoms with Gasteiger partial charge in [0.2, 0.25) is 5.75 Å². The molecule has 1 amide bonds. The van der Waals surface area contributed by atoms with Gasteiger partial charge in [-0.2, -0.15) is 0 Å². The summed E-state index contributed by atoms with van der Waals surface area (Å²) in [5, 5.41) is 2.84. The van der Waals surface area contributed by atoms with Gasteiger partial charge in [-0.05, 0) is 36.8 Å². The van der Waals surface area contributed by atoms with E-state index in [1.54, 1.807) is 59.6 Å². The third-order valence-corrected chi connectivity index (χ3v) is 3.93. The van der Waals surface area contributed by atoms with Gasteiger partial charge in [0.15, 0.2) is 29.1 Å². The molecule has 1 atom stereocenters. The van der Waals surface area contributed by atoms with E-state index in [-0.39, 0.29) is 12.5 Å². The number of ether oxygens (including phenoxy) is 5. The highest BCUT2D eigenvalue weighted by Gasteiger charge is 2.18. The number of carbonyl (C=O) groups excluding carboxylic acids is 1. The van der Waals surface area contributed by atoms with E-state index in [1.165, 1.54) is 0 Å². The van der Waals surface area contributed by atoms with E-state index in [0.29, 0.717) is 28.7 Å². The van der Waals surface area contributed by atoms with Crippen LogP contribution >= 0.6 is 0 Å². The highest BCUT2D eigenvalue weighted by Crippen LogP contribution is 2.38. The Morgan fingerprint density at radius 3 is 1.96 bits per heavy atom. The van der Waals surface area contributed by atoms with Gasteiger partial charge in [0.25, 0.3) is 5.91 Å². The third kappa shape index (κ3) is 4.97. The predicted octanol–water partition coefficient (Wildman–Crippen LogP) is 2.80. The molecule has 2 aromatic carbocycles. The van der Waals surface area contributed by atoms with E-state index in [9.17, 15) is 4.79 Å². The molecule has 2 aromatic rings. The first-order valence-corrected chi connectivity index (χ1v) is 8.40. The monoisotopic (exact) mass is 375 g/mol. The van der Waals surface area contributed by atoms with E-state index < -0.39 is 6.10 Å². The summed E-state index contributed by atoms with van der Waals surface area (Å²) >= 11 is 0. The Bertz CT molecular complexity index is 752. The molecule has 0 saturated heterocycles. The second-order valence-corrected chi connectivity index (χ2v) is 5.66. The summed E-state index contributed by atoms with van der Waals surface area (Å²) in [6.07, 6.45) is -0.691. The lowest BCUT2D eigenvalue weighted by Gasteiger charge is -2.17. The quantitative estimate of drug-likeness (QED) is 0.726. The van der Waals surface area contributed by atoms with E-state index in [2.05, 4.69) is 5.32 Å². The van der Waals surface area contributed by atoms with Gasteiger partial charge in [0.05, 0.1) is 28.4 Å². The van der Waals surface area contributed by atoms with Gasteiger partial charge >= 0.3 is 0 Å². The van der Waals surface area contributed by atoms with Gasteiger partial charge in [-0.25, -0.2) is 0 Å². The maximum absolute atomic E-state index is 12.4. The van der Waals surface area contributed by atoms with Crippen molar-refractivity contribution in [3.63, 3.8) is 0 Å². The number of benzene rings is 2. The maximum Gasteiger partial charge on any atom is 0.261 e. The minimum atomic E-state index is -0.691. The molecule has 146 valence electrons. The lowest BCUT2D eigenvalue weighted by Crippen LogP contribution is -2.36. The molecule has 0 radical (unpaired) electrons. The standard InChI is InChI=1S/C20H25NO6/c1-13(27-16-9-7-6-8-15(16)23-2)20(22)21-12-14-10-17(24-3)19(26-5)18(11-14)25-4/h6-11,13H,12H2,1-5H3,(H,21,22)/t13-/m1/s1. The molecule has 0 aliphatic heterocycles. The molecular weight excluding hydrogens is 350 g/mol. The summed E-state index contributed by atoms with van der Waals surface area (Å²) in [4.78, 5) is 12.4. The maximum atomic E-state index is 12.4. The van der Waals surface area contributed by atoms with E-state index >= 15 is 0 Å². The van der Waals surface area contributed by atoms with Crippen LogP contribution in [0.25, 0.3) is 0 Å². The molecule has 0 aliphatic carbocycles. The number of hydrogen-bond donors (Lipinski definition) is 1. The lowest BCUT2D eigenvalue weighted by molar-refractivity contribution is -0.127. The molecular formula is C20H25NO6. The number of hydrogen-bond acceptors (Lipinski definition) is 6. The first-order chi connectivity index (χ1) is 13.0. The van der Waals surface area contributed by atoms with Crippen molar-refractivity contribution in [2.45, 2.75) is 19.6 Å². The fourth-order valence-corrected chi connectivity index (χ4v) is 2.53. The summed E-state index contributed by atoms with van der Waals surface area (Å²) in [7, 11) is 6.18. The number of para-hydroxylation sites is 2. The minimum absolute atomic E-state index is 0.255. The van der Waals surface area contributed by atoms with Gasteiger partial charge < -0.3 is 29.0 Å². The van der Waals surface area contributed by atoms with Crippen molar-refractivity contribution in [1.82, 2.24) is 5.32 Å². The summed E-state index contributed by atoms with van der Waals surface area (Å²) in [6, 6.07) is 10.7. The van der Waals surface area contributed by atoms with Gasteiger partial charge in [0, 0.05) is 6.54 Å². The summed E-state index contributed by atoms with van der Waals surface area (Å²) in [5.74, 6) is 2.38.